The minimum absolute atomic E-state index is 0.283. The summed E-state index contributed by atoms with van der Waals surface area (Å²) in [5.41, 5.74) is 3.80. The summed E-state index contributed by atoms with van der Waals surface area (Å²) in [6.45, 7) is 0.283. The fourth-order valence-corrected chi connectivity index (χ4v) is 1.68. The van der Waals surface area contributed by atoms with Gasteiger partial charge in [0, 0.05) is 17.8 Å². The highest BCUT2D eigenvalue weighted by Crippen LogP contribution is 2.23. The van der Waals surface area contributed by atoms with Gasteiger partial charge in [0.25, 0.3) is 0 Å². The molecule has 0 unspecified atom stereocenters. The standard InChI is InChI=1S/C14H14N4O2/c1-19-12-5-10(8-15)6-13(7-12)20-9-11-3-2-4-17-14(11)18-16/h2-7H,9,16H2,1H3,(H,17,18). The first-order valence-electron chi connectivity index (χ1n) is 5.89. The van der Waals surface area contributed by atoms with E-state index in [0.29, 0.717) is 22.9 Å². The molecule has 102 valence electrons. The first-order chi connectivity index (χ1) is 9.76. The number of aromatic nitrogens is 1. The van der Waals surface area contributed by atoms with Crippen molar-refractivity contribution in [2.24, 2.45) is 5.84 Å². The number of anilines is 1. The van der Waals surface area contributed by atoms with Crippen molar-refractivity contribution in [2.45, 2.75) is 6.61 Å². The lowest BCUT2D eigenvalue weighted by molar-refractivity contribution is 0.303. The number of nitrogens with zero attached hydrogens (tertiary/aromatic N) is 2. The molecular weight excluding hydrogens is 256 g/mol. The largest absolute Gasteiger partial charge is 0.497 e. The van der Waals surface area contributed by atoms with Crippen molar-refractivity contribution >= 4 is 5.82 Å². The van der Waals surface area contributed by atoms with E-state index >= 15 is 0 Å². The monoisotopic (exact) mass is 270 g/mol. The third-order valence-electron chi connectivity index (χ3n) is 2.67. The number of benzene rings is 1. The van der Waals surface area contributed by atoms with Crippen LogP contribution in [0.15, 0.2) is 36.5 Å². The Kier molecular flexibility index (Phi) is 4.37. The summed E-state index contributed by atoms with van der Waals surface area (Å²) in [4.78, 5) is 4.08. The number of nitrogens with one attached hydrogen (secondary N) is 1. The lowest BCUT2D eigenvalue weighted by atomic mass is 10.2. The van der Waals surface area contributed by atoms with E-state index in [4.69, 9.17) is 20.6 Å². The smallest absolute Gasteiger partial charge is 0.146 e. The highest BCUT2D eigenvalue weighted by atomic mass is 16.5. The molecule has 6 heteroatoms. The number of hydrogen-bond donors (Lipinski definition) is 2. The topological polar surface area (TPSA) is 93.2 Å². The highest BCUT2D eigenvalue weighted by Gasteiger charge is 2.05. The van der Waals surface area contributed by atoms with E-state index in [1.165, 1.54) is 7.11 Å². The van der Waals surface area contributed by atoms with Gasteiger partial charge in [0.15, 0.2) is 0 Å². The lowest BCUT2D eigenvalue weighted by Gasteiger charge is -2.10. The number of hydrogen-bond acceptors (Lipinski definition) is 6. The van der Waals surface area contributed by atoms with E-state index in [1.807, 2.05) is 6.07 Å². The van der Waals surface area contributed by atoms with Crippen LogP contribution in [0.3, 0.4) is 0 Å². The van der Waals surface area contributed by atoms with Crippen molar-refractivity contribution in [1.29, 1.82) is 5.26 Å². The number of hydrazine groups is 1. The predicted molar refractivity (Wildman–Crippen MR) is 74.1 cm³/mol. The van der Waals surface area contributed by atoms with Crippen LogP contribution in [0.25, 0.3) is 0 Å². The second-order valence-electron chi connectivity index (χ2n) is 3.95. The van der Waals surface area contributed by atoms with Crippen molar-refractivity contribution in [3.05, 3.63) is 47.7 Å². The molecule has 0 saturated heterocycles. The van der Waals surface area contributed by atoms with Gasteiger partial charge in [0.05, 0.1) is 18.7 Å². The Hall–Kier alpha value is -2.78. The number of pyridine rings is 1. The van der Waals surface area contributed by atoms with Crippen LogP contribution in [0.5, 0.6) is 11.5 Å². The van der Waals surface area contributed by atoms with Gasteiger partial charge in [-0.05, 0) is 18.2 Å². The predicted octanol–water partition coefficient (Wildman–Crippen LogP) is 1.83. The summed E-state index contributed by atoms with van der Waals surface area (Å²) in [6, 6.07) is 10.7. The van der Waals surface area contributed by atoms with Crippen LogP contribution in [0.1, 0.15) is 11.1 Å². The maximum Gasteiger partial charge on any atom is 0.146 e. The van der Waals surface area contributed by atoms with Crippen LogP contribution < -0.4 is 20.7 Å². The van der Waals surface area contributed by atoms with E-state index in [2.05, 4.69) is 16.5 Å². The van der Waals surface area contributed by atoms with Crippen LogP contribution in [0.2, 0.25) is 0 Å². The SMILES string of the molecule is COc1cc(C#N)cc(OCc2cccnc2NN)c1. The zero-order valence-electron chi connectivity index (χ0n) is 11.0. The Balaban J connectivity index is 2.16. The molecule has 0 fully saturated rings. The van der Waals surface area contributed by atoms with Crippen LogP contribution >= 0.6 is 0 Å². The second-order valence-corrected chi connectivity index (χ2v) is 3.95. The average Bonchev–Trinajstić information content (AvgIpc) is 2.52. The molecule has 1 aromatic carbocycles. The molecule has 0 saturated carbocycles. The highest BCUT2D eigenvalue weighted by molar-refractivity contribution is 5.45. The first-order valence-corrected chi connectivity index (χ1v) is 5.89. The van der Waals surface area contributed by atoms with Gasteiger partial charge in [0.2, 0.25) is 0 Å². The van der Waals surface area contributed by atoms with Gasteiger partial charge in [0.1, 0.15) is 23.9 Å². The fourth-order valence-electron chi connectivity index (χ4n) is 1.68. The van der Waals surface area contributed by atoms with Gasteiger partial charge in [-0.2, -0.15) is 5.26 Å². The Morgan fingerprint density at radius 3 is 2.85 bits per heavy atom. The molecule has 0 amide bonds. The van der Waals surface area contributed by atoms with E-state index in [0.717, 1.165) is 5.56 Å². The average molecular weight is 270 g/mol. The molecule has 0 atom stereocenters. The first kappa shape index (κ1) is 13.6. The molecule has 6 nitrogen and oxygen atoms in total. The lowest BCUT2D eigenvalue weighted by Crippen LogP contribution is -2.12. The number of rotatable bonds is 5. The van der Waals surface area contributed by atoms with Gasteiger partial charge < -0.3 is 14.9 Å². The zero-order chi connectivity index (χ0) is 14.4. The summed E-state index contributed by atoms with van der Waals surface area (Å²) in [7, 11) is 1.54. The molecule has 20 heavy (non-hydrogen) atoms. The number of ether oxygens (including phenoxy) is 2. The molecule has 3 N–H and O–H groups in total. The summed E-state index contributed by atoms with van der Waals surface area (Å²) in [5.74, 6) is 7.05. The van der Waals surface area contributed by atoms with Crippen LogP contribution in [0.4, 0.5) is 5.82 Å². The molecule has 1 aromatic heterocycles. The van der Waals surface area contributed by atoms with Gasteiger partial charge in [-0.15, -0.1) is 0 Å². The fraction of sp³-hybridized carbons (Fsp3) is 0.143. The van der Waals surface area contributed by atoms with Crippen LogP contribution in [0, 0.1) is 11.3 Å². The van der Waals surface area contributed by atoms with Crippen molar-refractivity contribution in [2.75, 3.05) is 12.5 Å². The van der Waals surface area contributed by atoms with Crippen molar-refractivity contribution in [3.8, 4) is 17.6 Å². The Morgan fingerprint density at radius 2 is 2.15 bits per heavy atom. The number of methoxy groups -OCH3 is 1. The molecule has 0 spiro atoms. The molecule has 0 bridgehead atoms. The van der Waals surface area contributed by atoms with Crippen molar-refractivity contribution < 1.29 is 9.47 Å². The Morgan fingerprint density at radius 1 is 1.35 bits per heavy atom. The maximum absolute atomic E-state index is 8.95. The number of nitrogen functional groups attached to an aromatic ring is 1. The van der Waals surface area contributed by atoms with Gasteiger partial charge in [-0.3, -0.25) is 0 Å². The van der Waals surface area contributed by atoms with E-state index in [-0.39, 0.29) is 6.61 Å². The normalized spacial score (nSPS) is 9.65. The van der Waals surface area contributed by atoms with E-state index < -0.39 is 0 Å². The van der Waals surface area contributed by atoms with Crippen molar-refractivity contribution in [3.63, 3.8) is 0 Å². The molecule has 2 rings (SSSR count). The number of nitrogens with two attached hydrogens (primary N) is 1. The Labute approximate surface area is 116 Å². The molecule has 1 heterocycles. The molecular formula is C14H14N4O2. The quantitative estimate of drug-likeness (QED) is 0.636. The van der Waals surface area contributed by atoms with Gasteiger partial charge >= 0.3 is 0 Å². The van der Waals surface area contributed by atoms with E-state index in [1.54, 1.807) is 30.5 Å². The summed E-state index contributed by atoms with van der Waals surface area (Å²) in [5, 5.41) is 8.95. The molecule has 0 aliphatic rings. The van der Waals surface area contributed by atoms with E-state index in [9.17, 15) is 0 Å². The van der Waals surface area contributed by atoms with Crippen molar-refractivity contribution in [1.82, 2.24) is 4.98 Å². The molecule has 2 aromatic rings. The zero-order valence-corrected chi connectivity index (χ0v) is 11.0. The minimum atomic E-state index is 0.283. The third-order valence-corrected chi connectivity index (χ3v) is 2.67. The third kappa shape index (κ3) is 3.16. The summed E-state index contributed by atoms with van der Waals surface area (Å²) in [6.07, 6.45) is 1.64. The molecule has 0 radical (unpaired) electrons. The summed E-state index contributed by atoms with van der Waals surface area (Å²) >= 11 is 0. The maximum atomic E-state index is 8.95. The second kappa shape index (κ2) is 6.41. The molecule has 0 aliphatic heterocycles. The van der Waals surface area contributed by atoms with Gasteiger partial charge in [-0.1, -0.05) is 6.07 Å². The summed E-state index contributed by atoms with van der Waals surface area (Å²) < 4.78 is 10.8. The van der Waals surface area contributed by atoms with Crippen LogP contribution in [-0.4, -0.2) is 12.1 Å². The molecule has 0 aliphatic carbocycles. The van der Waals surface area contributed by atoms with Crippen LogP contribution in [-0.2, 0) is 6.61 Å². The number of nitriles is 1. The minimum Gasteiger partial charge on any atom is -0.497 e. The van der Waals surface area contributed by atoms with Gasteiger partial charge in [-0.25, -0.2) is 10.8 Å². The Bertz CT molecular complexity index is 637.